The molecule has 0 saturated carbocycles. The minimum absolute atomic E-state index is 0.118. The van der Waals surface area contributed by atoms with E-state index in [1.165, 1.54) is 11.3 Å². The minimum atomic E-state index is -0.611. The fourth-order valence-corrected chi connectivity index (χ4v) is 4.26. The van der Waals surface area contributed by atoms with Crippen LogP contribution in [0.25, 0.3) is 5.76 Å². The van der Waals surface area contributed by atoms with Crippen LogP contribution in [0.4, 0.5) is 0 Å². The highest BCUT2D eigenvalue weighted by Crippen LogP contribution is 2.41. The zero-order chi connectivity index (χ0) is 18.7. The molecule has 1 fully saturated rings. The Kier molecular flexibility index (Phi) is 5.94. The lowest BCUT2D eigenvalue weighted by Crippen LogP contribution is -2.30. The minimum Gasteiger partial charge on any atom is -0.507 e. The van der Waals surface area contributed by atoms with Gasteiger partial charge in [-0.3, -0.25) is 9.59 Å². The van der Waals surface area contributed by atoms with Gasteiger partial charge in [0.25, 0.3) is 11.7 Å². The summed E-state index contributed by atoms with van der Waals surface area (Å²) in [6, 6.07) is 10.3. The Hall–Kier alpha value is -1.92. The summed E-state index contributed by atoms with van der Waals surface area (Å²) < 4.78 is 0.879. The number of carbonyl (C=O) groups is 2. The van der Waals surface area contributed by atoms with E-state index in [0.29, 0.717) is 12.1 Å². The van der Waals surface area contributed by atoms with Crippen LogP contribution < -0.4 is 0 Å². The number of benzene rings is 1. The molecule has 1 aliphatic rings. The molecule has 3 rings (SSSR count). The van der Waals surface area contributed by atoms with E-state index in [9.17, 15) is 14.7 Å². The lowest BCUT2D eigenvalue weighted by Gasteiger charge is -2.24. The average Bonchev–Trinajstić information content (AvgIpc) is 3.24. The highest BCUT2D eigenvalue weighted by molar-refractivity contribution is 9.10. The van der Waals surface area contributed by atoms with Gasteiger partial charge in [-0.2, -0.15) is 0 Å². The van der Waals surface area contributed by atoms with Gasteiger partial charge in [0.15, 0.2) is 0 Å². The van der Waals surface area contributed by atoms with Gasteiger partial charge in [-0.1, -0.05) is 53.9 Å². The van der Waals surface area contributed by atoms with Crippen molar-refractivity contribution in [2.45, 2.75) is 32.2 Å². The number of rotatable bonds is 6. The number of ketones is 1. The molecule has 1 N–H and O–H groups in total. The van der Waals surface area contributed by atoms with Gasteiger partial charge in [-0.15, -0.1) is 11.3 Å². The zero-order valence-corrected chi connectivity index (χ0v) is 16.8. The van der Waals surface area contributed by atoms with Crippen LogP contribution in [0.3, 0.4) is 0 Å². The van der Waals surface area contributed by atoms with Crippen LogP contribution in [-0.4, -0.2) is 28.2 Å². The number of nitrogens with zero attached hydrogens (tertiary/aromatic N) is 1. The third-order valence-electron chi connectivity index (χ3n) is 4.47. The van der Waals surface area contributed by atoms with Crippen molar-refractivity contribution >= 4 is 44.7 Å². The fourth-order valence-electron chi connectivity index (χ4n) is 3.15. The van der Waals surface area contributed by atoms with Crippen LogP contribution in [0.1, 0.15) is 42.7 Å². The standard InChI is InChI=1S/C20H20BrNO3S/c1-2-3-4-11-22-17(15-6-5-12-26-15)16(19(24)20(22)25)18(23)13-7-9-14(21)10-8-13/h5-10,12,17,23H,2-4,11H2,1H3/b18-16-. The normalized spacial score (nSPS) is 19.3. The quantitative estimate of drug-likeness (QED) is 0.297. The van der Waals surface area contributed by atoms with Gasteiger partial charge in [0.1, 0.15) is 5.76 Å². The molecule has 1 atom stereocenters. The molecule has 26 heavy (non-hydrogen) atoms. The monoisotopic (exact) mass is 433 g/mol. The van der Waals surface area contributed by atoms with E-state index in [1.807, 2.05) is 17.5 Å². The molecule has 4 nitrogen and oxygen atoms in total. The first-order chi connectivity index (χ1) is 12.5. The number of unbranched alkanes of at least 4 members (excludes halogenated alkanes) is 2. The second-order valence-electron chi connectivity index (χ2n) is 6.22. The SMILES string of the molecule is CCCCCN1C(=O)C(=O)/C(=C(\O)c2ccc(Br)cc2)C1c1cccs1. The lowest BCUT2D eigenvalue weighted by molar-refractivity contribution is -0.139. The molecule has 1 unspecified atom stereocenters. The van der Waals surface area contributed by atoms with E-state index >= 15 is 0 Å². The molecule has 136 valence electrons. The number of hydrogen-bond donors (Lipinski definition) is 1. The molecule has 1 aromatic heterocycles. The Bertz CT molecular complexity index is 827. The van der Waals surface area contributed by atoms with Crippen molar-refractivity contribution in [2.24, 2.45) is 0 Å². The van der Waals surface area contributed by atoms with Gasteiger partial charge in [-0.25, -0.2) is 0 Å². The number of aliphatic hydroxyl groups excluding tert-OH is 1. The number of aliphatic hydroxyl groups is 1. The second kappa shape index (κ2) is 8.18. The van der Waals surface area contributed by atoms with E-state index < -0.39 is 17.7 Å². The average molecular weight is 434 g/mol. The molecular weight excluding hydrogens is 414 g/mol. The number of hydrogen-bond acceptors (Lipinski definition) is 4. The maximum Gasteiger partial charge on any atom is 0.295 e. The van der Waals surface area contributed by atoms with E-state index in [2.05, 4.69) is 22.9 Å². The number of likely N-dealkylation sites (tertiary alicyclic amines) is 1. The van der Waals surface area contributed by atoms with E-state index in [0.717, 1.165) is 28.6 Å². The third-order valence-corrected chi connectivity index (χ3v) is 5.93. The predicted octanol–water partition coefficient (Wildman–Crippen LogP) is 5.12. The van der Waals surface area contributed by atoms with Crippen molar-refractivity contribution in [3.63, 3.8) is 0 Å². The van der Waals surface area contributed by atoms with Crippen LogP contribution in [-0.2, 0) is 9.59 Å². The van der Waals surface area contributed by atoms with E-state index in [4.69, 9.17) is 0 Å². The van der Waals surface area contributed by atoms with Gasteiger partial charge < -0.3 is 10.0 Å². The van der Waals surface area contributed by atoms with Gasteiger partial charge in [-0.05, 0) is 30.0 Å². The summed E-state index contributed by atoms with van der Waals surface area (Å²) in [5.41, 5.74) is 0.706. The predicted molar refractivity (Wildman–Crippen MR) is 107 cm³/mol. The molecule has 1 aromatic carbocycles. The lowest BCUT2D eigenvalue weighted by atomic mass is 10.00. The zero-order valence-electron chi connectivity index (χ0n) is 14.4. The van der Waals surface area contributed by atoms with E-state index in [1.54, 1.807) is 29.2 Å². The van der Waals surface area contributed by atoms with Crippen molar-refractivity contribution in [3.8, 4) is 0 Å². The molecule has 0 bridgehead atoms. The highest BCUT2D eigenvalue weighted by atomic mass is 79.9. The number of thiophene rings is 1. The topological polar surface area (TPSA) is 57.6 Å². The van der Waals surface area contributed by atoms with Crippen LogP contribution in [0.2, 0.25) is 0 Å². The smallest absolute Gasteiger partial charge is 0.295 e. The summed E-state index contributed by atoms with van der Waals surface area (Å²) in [5, 5.41) is 12.7. The molecule has 0 radical (unpaired) electrons. The van der Waals surface area contributed by atoms with Crippen LogP contribution in [0, 0.1) is 0 Å². The Morgan fingerprint density at radius 1 is 1.19 bits per heavy atom. The first kappa shape index (κ1) is 18.9. The Morgan fingerprint density at radius 3 is 2.54 bits per heavy atom. The maximum absolute atomic E-state index is 12.7. The van der Waals surface area contributed by atoms with Crippen LogP contribution >= 0.6 is 27.3 Å². The Balaban J connectivity index is 2.06. The summed E-state index contributed by atoms with van der Waals surface area (Å²) >= 11 is 4.85. The molecule has 1 saturated heterocycles. The number of amides is 1. The maximum atomic E-state index is 12.7. The number of Topliss-reactive ketones (excluding diaryl/α,β-unsaturated/α-hetero) is 1. The van der Waals surface area contributed by atoms with Crippen molar-refractivity contribution in [2.75, 3.05) is 6.54 Å². The molecule has 2 aromatic rings. The summed E-state index contributed by atoms with van der Waals surface area (Å²) in [4.78, 5) is 27.8. The largest absolute Gasteiger partial charge is 0.507 e. The Labute approximate surface area is 165 Å². The van der Waals surface area contributed by atoms with Crippen molar-refractivity contribution < 1.29 is 14.7 Å². The molecule has 0 aliphatic carbocycles. The Morgan fingerprint density at radius 2 is 1.92 bits per heavy atom. The third kappa shape index (κ3) is 3.62. The summed E-state index contributed by atoms with van der Waals surface area (Å²) in [6.07, 6.45) is 2.86. The molecular formula is C20H20BrNO3S. The van der Waals surface area contributed by atoms with E-state index in [-0.39, 0.29) is 11.3 Å². The molecule has 2 heterocycles. The van der Waals surface area contributed by atoms with Crippen molar-refractivity contribution in [3.05, 3.63) is 62.3 Å². The van der Waals surface area contributed by atoms with Gasteiger partial charge in [0, 0.05) is 21.5 Å². The first-order valence-electron chi connectivity index (χ1n) is 8.62. The van der Waals surface area contributed by atoms with Crippen LogP contribution in [0.15, 0.2) is 51.8 Å². The van der Waals surface area contributed by atoms with Crippen molar-refractivity contribution in [1.82, 2.24) is 4.90 Å². The van der Waals surface area contributed by atoms with Crippen molar-refractivity contribution in [1.29, 1.82) is 0 Å². The second-order valence-corrected chi connectivity index (χ2v) is 8.12. The summed E-state index contributed by atoms with van der Waals surface area (Å²) in [7, 11) is 0. The molecule has 0 spiro atoms. The summed E-state index contributed by atoms with van der Waals surface area (Å²) in [5.74, 6) is -1.26. The molecule has 1 aliphatic heterocycles. The van der Waals surface area contributed by atoms with Crippen LogP contribution in [0.5, 0.6) is 0 Å². The van der Waals surface area contributed by atoms with Gasteiger partial charge >= 0.3 is 0 Å². The number of carbonyl (C=O) groups excluding carboxylic acids is 2. The van der Waals surface area contributed by atoms with Gasteiger partial charge in [0.05, 0.1) is 11.6 Å². The van der Waals surface area contributed by atoms with Gasteiger partial charge in [0.2, 0.25) is 0 Å². The number of halogens is 1. The highest BCUT2D eigenvalue weighted by Gasteiger charge is 2.46. The molecule has 6 heteroatoms. The fraction of sp³-hybridized carbons (Fsp3) is 0.300. The first-order valence-corrected chi connectivity index (χ1v) is 10.3. The molecule has 1 amide bonds. The summed E-state index contributed by atoms with van der Waals surface area (Å²) in [6.45, 7) is 2.61.